The molecule has 3 N–H and O–H groups in total. The van der Waals surface area contributed by atoms with Gasteiger partial charge in [0.1, 0.15) is 6.61 Å². The molecule has 126 valence electrons. The van der Waals surface area contributed by atoms with Crippen LogP contribution in [0.4, 0.5) is 11.7 Å². The van der Waals surface area contributed by atoms with E-state index in [1.807, 2.05) is 0 Å². The van der Waals surface area contributed by atoms with Crippen molar-refractivity contribution < 1.29 is 29.4 Å². The Morgan fingerprint density at radius 1 is 1.42 bits per heavy atom. The second-order valence-electron chi connectivity index (χ2n) is 4.35. The first-order chi connectivity index (χ1) is 11.5. The average Bonchev–Trinajstić information content (AvgIpc) is 3.01. The summed E-state index contributed by atoms with van der Waals surface area (Å²) in [5.74, 6) is -1.61. The molecule has 0 aliphatic heterocycles. The smallest absolute Gasteiger partial charge is 0.347 e. The number of aromatic nitrogens is 2. The highest BCUT2D eigenvalue weighted by Crippen LogP contribution is 2.19. The van der Waals surface area contributed by atoms with Crippen molar-refractivity contribution >= 4 is 42.1 Å². The molecule has 11 heteroatoms. The Bertz CT molecular complexity index is 763. The Morgan fingerprint density at radius 3 is 2.83 bits per heavy atom. The van der Waals surface area contributed by atoms with Crippen molar-refractivity contribution in [3.8, 4) is 0 Å². The maximum atomic E-state index is 11.9. The highest BCUT2D eigenvalue weighted by Gasteiger charge is 2.12. The van der Waals surface area contributed by atoms with Crippen LogP contribution < -0.4 is 5.32 Å². The number of hydrogen-bond acceptors (Lipinski definition) is 9. The van der Waals surface area contributed by atoms with Gasteiger partial charge >= 0.3 is 12.0 Å². The predicted octanol–water partition coefficient (Wildman–Crippen LogP) is 1.82. The summed E-state index contributed by atoms with van der Waals surface area (Å²) < 4.78 is 4.70. The second kappa shape index (κ2) is 8.19. The summed E-state index contributed by atoms with van der Waals surface area (Å²) in [5, 5.41) is 23.9. The molecule has 2 aromatic rings. The number of rotatable bonds is 8. The van der Waals surface area contributed by atoms with E-state index in [4.69, 9.17) is 14.9 Å². The number of thioether (sulfide) groups is 1. The van der Waals surface area contributed by atoms with Crippen molar-refractivity contribution in [1.82, 2.24) is 10.1 Å². The van der Waals surface area contributed by atoms with Crippen LogP contribution in [0.1, 0.15) is 15.9 Å². The van der Waals surface area contributed by atoms with E-state index in [9.17, 15) is 9.59 Å². The van der Waals surface area contributed by atoms with Crippen LogP contribution in [0.15, 0.2) is 32.9 Å². The number of aliphatic imine (C=N–C) groups is 1. The van der Waals surface area contributed by atoms with Crippen molar-refractivity contribution in [2.45, 2.75) is 11.8 Å². The lowest BCUT2D eigenvalue weighted by Gasteiger charge is -2.08. The van der Waals surface area contributed by atoms with Crippen LogP contribution in [0.25, 0.3) is 0 Å². The van der Waals surface area contributed by atoms with Gasteiger partial charge in [-0.2, -0.15) is 4.98 Å². The standard InChI is InChI=1S/C13H12N4O6S/c1-14-12-16-13(17-23-12)24-6-10(18)15-9-3-7(5-22-21)2-8(4-9)11(19)20/h2-4,21H,1,5-6H2,(H,15,18)(H,19,20). The number of nitrogens with one attached hydrogen (secondary N) is 1. The van der Waals surface area contributed by atoms with Gasteiger partial charge in [0.15, 0.2) is 0 Å². The summed E-state index contributed by atoms with van der Waals surface area (Å²) in [6.07, 6.45) is 0. The number of amides is 1. The van der Waals surface area contributed by atoms with E-state index in [0.29, 0.717) is 5.56 Å². The molecule has 0 saturated carbocycles. The van der Waals surface area contributed by atoms with Crippen LogP contribution >= 0.6 is 11.8 Å². The number of hydrogen-bond donors (Lipinski definition) is 3. The first kappa shape index (κ1) is 17.6. The van der Waals surface area contributed by atoms with Crippen molar-refractivity contribution in [2.75, 3.05) is 11.1 Å². The van der Waals surface area contributed by atoms with Crippen LogP contribution in [0, 0.1) is 0 Å². The van der Waals surface area contributed by atoms with Gasteiger partial charge in [-0.1, -0.05) is 11.8 Å². The number of carbonyl (C=O) groups excluding carboxylic acids is 1. The fraction of sp³-hybridized carbons (Fsp3) is 0.154. The first-order valence-corrected chi connectivity index (χ1v) is 7.37. The maximum absolute atomic E-state index is 11.9. The van der Waals surface area contributed by atoms with Crippen molar-refractivity contribution in [2.24, 2.45) is 4.99 Å². The van der Waals surface area contributed by atoms with Gasteiger partial charge < -0.3 is 14.9 Å². The van der Waals surface area contributed by atoms with Gasteiger partial charge in [-0.15, -0.1) is 0 Å². The van der Waals surface area contributed by atoms with Gasteiger partial charge in [0, 0.05) is 5.69 Å². The number of anilines is 1. The van der Waals surface area contributed by atoms with E-state index in [1.165, 1.54) is 18.2 Å². The molecule has 0 spiro atoms. The highest BCUT2D eigenvalue weighted by atomic mass is 32.2. The summed E-state index contributed by atoms with van der Waals surface area (Å²) in [7, 11) is 0. The Balaban J connectivity index is 2.01. The molecule has 1 heterocycles. The monoisotopic (exact) mass is 352 g/mol. The number of nitrogens with zero attached hydrogens (tertiary/aromatic N) is 3. The minimum absolute atomic E-state index is 0.000660. The number of aromatic carboxylic acids is 1. The van der Waals surface area contributed by atoms with Crippen LogP contribution in [0.2, 0.25) is 0 Å². The van der Waals surface area contributed by atoms with Gasteiger partial charge in [-0.25, -0.2) is 14.7 Å². The van der Waals surface area contributed by atoms with E-state index >= 15 is 0 Å². The summed E-state index contributed by atoms with van der Waals surface area (Å²) in [4.78, 5) is 34.3. The van der Waals surface area contributed by atoms with Gasteiger partial charge in [-0.05, 0) is 35.6 Å². The molecule has 1 amide bonds. The molecule has 0 aliphatic carbocycles. The molecule has 10 nitrogen and oxygen atoms in total. The van der Waals surface area contributed by atoms with Gasteiger partial charge in [0.05, 0.1) is 11.3 Å². The molecule has 0 bridgehead atoms. The Kier molecular flexibility index (Phi) is 6.01. The molecular formula is C13H12N4O6S. The zero-order chi connectivity index (χ0) is 17.5. The number of carbonyl (C=O) groups is 2. The topological polar surface area (TPSA) is 147 Å². The number of carboxylic acids is 1. The zero-order valence-electron chi connectivity index (χ0n) is 12.1. The lowest BCUT2D eigenvalue weighted by atomic mass is 10.1. The summed E-state index contributed by atoms with van der Waals surface area (Å²) in [5.41, 5.74) is 0.599. The lowest BCUT2D eigenvalue weighted by Crippen LogP contribution is -2.15. The zero-order valence-corrected chi connectivity index (χ0v) is 12.9. The third-order valence-corrected chi connectivity index (χ3v) is 3.45. The molecule has 0 saturated heterocycles. The summed E-state index contributed by atoms with van der Waals surface area (Å²) in [6, 6.07) is 4.10. The fourth-order valence-corrected chi connectivity index (χ4v) is 2.26. The lowest BCUT2D eigenvalue weighted by molar-refractivity contribution is -0.253. The van der Waals surface area contributed by atoms with E-state index in [0.717, 1.165) is 11.8 Å². The SMILES string of the molecule is C=Nc1nc(SCC(=O)Nc2cc(COO)cc(C(=O)O)c2)no1. The molecule has 1 aromatic heterocycles. The molecule has 0 fully saturated rings. The Morgan fingerprint density at radius 2 is 2.21 bits per heavy atom. The fourth-order valence-electron chi connectivity index (χ4n) is 1.70. The molecule has 0 atom stereocenters. The molecule has 0 aliphatic rings. The molecule has 2 rings (SSSR count). The van der Waals surface area contributed by atoms with E-state index in [2.05, 4.69) is 32.1 Å². The summed E-state index contributed by atoms with van der Waals surface area (Å²) in [6.45, 7) is 3.02. The van der Waals surface area contributed by atoms with Crippen molar-refractivity contribution in [3.63, 3.8) is 0 Å². The predicted molar refractivity (Wildman–Crippen MR) is 83.7 cm³/mol. The minimum atomic E-state index is -1.17. The number of carboxylic acid groups (broad SMARTS) is 1. The molecule has 0 unspecified atom stereocenters. The van der Waals surface area contributed by atoms with E-state index in [1.54, 1.807) is 0 Å². The average molecular weight is 352 g/mol. The van der Waals surface area contributed by atoms with Crippen molar-refractivity contribution in [1.29, 1.82) is 0 Å². The van der Waals surface area contributed by atoms with E-state index < -0.39 is 11.9 Å². The highest BCUT2D eigenvalue weighted by molar-refractivity contribution is 7.99. The molecule has 24 heavy (non-hydrogen) atoms. The number of benzene rings is 1. The summed E-state index contributed by atoms with van der Waals surface area (Å²) >= 11 is 1.01. The van der Waals surface area contributed by atoms with E-state index in [-0.39, 0.29) is 34.8 Å². The Labute approximate surface area is 139 Å². The Hall–Kier alpha value is -2.76. The largest absolute Gasteiger partial charge is 0.478 e. The van der Waals surface area contributed by atoms with Gasteiger partial charge in [0.2, 0.25) is 11.1 Å². The quantitative estimate of drug-likeness (QED) is 0.280. The second-order valence-corrected chi connectivity index (χ2v) is 5.29. The normalized spacial score (nSPS) is 10.4. The third-order valence-electron chi connectivity index (χ3n) is 2.62. The minimum Gasteiger partial charge on any atom is -0.478 e. The van der Waals surface area contributed by atoms with Crippen LogP contribution in [-0.2, 0) is 16.3 Å². The van der Waals surface area contributed by atoms with Crippen LogP contribution in [0.3, 0.4) is 0 Å². The van der Waals surface area contributed by atoms with Gasteiger partial charge in [0.25, 0.3) is 0 Å². The maximum Gasteiger partial charge on any atom is 0.347 e. The van der Waals surface area contributed by atoms with Crippen molar-refractivity contribution in [3.05, 3.63) is 29.3 Å². The molecular weight excluding hydrogens is 340 g/mol. The molecule has 1 aromatic carbocycles. The van der Waals surface area contributed by atoms with Crippen LogP contribution in [-0.4, -0.2) is 44.9 Å². The molecule has 0 radical (unpaired) electrons. The van der Waals surface area contributed by atoms with Crippen LogP contribution in [0.5, 0.6) is 0 Å². The first-order valence-electron chi connectivity index (χ1n) is 6.38. The van der Waals surface area contributed by atoms with Gasteiger partial charge in [-0.3, -0.25) is 10.1 Å². The third kappa shape index (κ3) is 4.87.